The van der Waals surface area contributed by atoms with Gasteiger partial charge < -0.3 is 5.32 Å². The second-order valence-electron chi connectivity index (χ2n) is 6.03. The van der Waals surface area contributed by atoms with E-state index < -0.39 is 16.1 Å². The van der Waals surface area contributed by atoms with E-state index in [2.05, 4.69) is 10.0 Å². The van der Waals surface area contributed by atoms with Crippen LogP contribution in [-0.4, -0.2) is 37.6 Å². The molecule has 140 valence electrons. The van der Waals surface area contributed by atoms with Crippen LogP contribution in [0, 0.1) is 0 Å². The molecule has 2 N–H and O–H groups in total. The monoisotopic (exact) mass is 387 g/mol. The number of carbonyl (C=O) groups is 3. The van der Waals surface area contributed by atoms with Crippen LogP contribution in [0.3, 0.4) is 0 Å². The Balaban J connectivity index is 1.81. The normalized spacial score (nSPS) is 14.2. The highest BCUT2D eigenvalue weighted by atomic mass is 32.2. The Morgan fingerprint density at radius 2 is 1.89 bits per heavy atom. The number of amides is 3. The Labute approximate surface area is 156 Å². The highest BCUT2D eigenvalue weighted by Crippen LogP contribution is 2.19. The molecule has 1 heterocycles. The molecule has 1 aliphatic rings. The summed E-state index contributed by atoms with van der Waals surface area (Å²) < 4.78 is 27.6. The summed E-state index contributed by atoms with van der Waals surface area (Å²) >= 11 is 0. The maximum atomic E-state index is 12.6. The number of nitrogens with zero attached hydrogens (tertiary/aromatic N) is 1. The Hall–Kier alpha value is -3.20. The molecule has 0 saturated carbocycles. The molecule has 0 bridgehead atoms. The number of sulfonamides is 1. The van der Waals surface area contributed by atoms with E-state index in [1.165, 1.54) is 25.1 Å². The predicted molar refractivity (Wildman–Crippen MR) is 97.6 cm³/mol. The third-order valence-corrected chi connectivity index (χ3v) is 5.39. The summed E-state index contributed by atoms with van der Waals surface area (Å²) in [4.78, 5) is 35.8. The lowest BCUT2D eigenvalue weighted by molar-refractivity contribution is -0.125. The summed E-state index contributed by atoms with van der Waals surface area (Å²) in [6, 6.07) is 11.7. The Morgan fingerprint density at radius 3 is 2.56 bits per heavy atom. The van der Waals surface area contributed by atoms with Crippen LogP contribution in [0.5, 0.6) is 0 Å². The summed E-state index contributed by atoms with van der Waals surface area (Å²) in [5.41, 5.74) is 1.18. The summed E-state index contributed by atoms with van der Waals surface area (Å²) in [7, 11) is -3.90. The molecule has 0 unspecified atom stereocenters. The molecule has 0 aromatic heterocycles. The molecule has 9 heteroatoms. The van der Waals surface area contributed by atoms with Gasteiger partial charge in [-0.1, -0.05) is 24.3 Å². The Kier molecular flexibility index (Phi) is 4.95. The number of imide groups is 1. The van der Waals surface area contributed by atoms with Crippen molar-refractivity contribution in [1.82, 2.24) is 10.2 Å². The average Bonchev–Trinajstić information content (AvgIpc) is 2.94. The molecular formula is C18H17N3O5S. The third-order valence-electron chi connectivity index (χ3n) is 4.01. The van der Waals surface area contributed by atoms with Crippen molar-refractivity contribution in [2.45, 2.75) is 18.4 Å². The van der Waals surface area contributed by atoms with Gasteiger partial charge in [0.05, 0.1) is 18.0 Å². The zero-order valence-electron chi connectivity index (χ0n) is 14.4. The van der Waals surface area contributed by atoms with Crippen molar-refractivity contribution in [3.8, 4) is 0 Å². The fourth-order valence-electron chi connectivity index (χ4n) is 2.63. The van der Waals surface area contributed by atoms with Crippen LogP contribution in [0.25, 0.3) is 0 Å². The van der Waals surface area contributed by atoms with Gasteiger partial charge in [-0.25, -0.2) is 13.2 Å². The maximum absolute atomic E-state index is 12.6. The molecule has 0 aliphatic carbocycles. The van der Waals surface area contributed by atoms with Crippen molar-refractivity contribution < 1.29 is 22.8 Å². The van der Waals surface area contributed by atoms with Crippen molar-refractivity contribution in [2.75, 3.05) is 11.3 Å². The molecule has 8 nitrogen and oxygen atoms in total. The molecule has 0 radical (unpaired) electrons. The van der Waals surface area contributed by atoms with E-state index in [0.29, 0.717) is 11.1 Å². The highest BCUT2D eigenvalue weighted by Gasteiger charge is 2.28. The largest absolute Gasteiger partial charge is 0.329 e. The maximum Gasteiger partial charge on any atom is 0.324 e. The molecule has 0 atom stereocenters. The van der Waals surface area contributed by atoms with Gasteiger partial charge in [0, 0.05) is 11.3 Å². The fraction of sp³-hybridized carbons (Fsp3) is 0.167. The molecule has 1 aliphatic heterocycles. The first-order valence-electron chi connectivity index (χ1n) is 8.07. The number of benzene rings is 2. The van der Waals surface area contributed by atoms with E-state index in [-0.39, 0.29) is 35.4 Å². The number of hydrogen-bond acceptors (Lipinski definition) is 5. The van der Waals surface area contributed by atoms with Crippen molar-refractivity contribution >= 4 is 33.4 Å². The summed E-state index contributed by atoms with van der Waals surface area (Å²) in [6.45, 7) is 1.36. The first-order valence-corrected chi connectivity index (χ1v) is 9.55. The predicted octanol–water partition coefficient (Wildman–Crippen LogP) is 1.74. The van der Waals surface area contributed by atoms with E-state index in [0.717, 1.165) is 4.90 Å². The topological polar surface area (TPSA) is 113 Å². The van der Waals surface area contributed by atoms with Crippen LogP contribution in [0.4, 0.5) is 10.5 Å². The number of ketones is 1. The number of urea groups is 1. The smallest absolute Gasteiger partial charge is 0.324 e. The number of rotatable bonds is 6. The van der Waals surface area contributed by atoms with Crippen molar-refractivity contribution in [3.63, 3.8) is 0 Å². The van der Waals surface area contributed by atoms with E-state index >= 15 is 0 Å². The Morgan fingerprint density at radius 1 is 1.15 bits per heavy atom. The number of hydrogen-bond donors (Lipinski definition) is 2. The molecule has 1 saturated heterocycles. The minimum atomic E-state index is -3.90. The number of nitrogens with one attached hydrogen (secondary N) is 2. The third kappa shape index (κ3) is 4.14. The second kappa shape index (κ2) is 7.20. The van der Waals surface area contributed by atoms with Crippen LogP contribution in [0.1, 0.15) is 22.8 Å². The fourth-order valence-corrected chi connectivity index (χ4v) is 3.72. The van der Waals surface area contributed by atoms with Crippen molar-refractivity contribution in [1.29, 1.82) is 0 Å². The van der Waals surface area contributed by atoms with E-state index in [9.17, 15) is 22.8 Å². The second-order valence-corrected chi connectivity index (χ2v) is 7.71. The first kappa shape index (κ1) is 18.6. The lowest BCUT2D eigenvalue weighted by Crippen LogP contribution is -2.30. The molecule has 0 spiro atoms. The minimum Gasteiger partial charge on any atom is -0.329 e. The van der Waals surface area contributed by atoms with Crippen LogP contribution in [0.2, 0.25) is 0 Å². The van der Waals surface area contributed by atoms with Crippen molar-refractivity contribution in [3.05, 3.63) is 59.7 Å². The SMILES string of the molecule is CC(=O)c1cccc(S(=O)(=O)Nc2cccc(CN3C(=O)CNC3=O)c2)c1. The minimum absolute atomic E-state index is 0.0327. The van der Waals surface area contributed by atoms with Gasteiger partial charge >= 0.3 is 6.03 Å². The molecule has 3 rings (SSSR count). The molecule has 2 aromatic carbocycles. The number of carbonyl (C=O) groups excluding carboxylic acids is 3. The van der Waals surface area contributed by atoms with Gasteiger partial charge in [-0.2, -0.15) is 0 Å². The molecule has 2 aromatic rings. The summed E-state index contributed by atoms with van der Waals surface area (Å²) in [6.07, 6.45) is 0. The zero-order valence-corrected chi connectivity index (χ0v) is 15.2. The first-order chi connectivity index (χ1) is 12.8. The number of Topliss-reactive ketones (excluding diaryl/α,β-unsaturated/α-hetero) is 1. The Bertz CT molecular complexity index is 1020. The van der Waals surface area contributed by atoms with Crippen molar-refractivity contribution in [2.24, 2.45) is 0 Å². The molecule has 3 amide bonds. The summed E-state index contributed by atoms with van der Waals surface area (Å²) in [5, 5.41) is 2.43. The lowest BCUT2D eigenvalue weighted by atomic mass is 10.2. The zero-order chi connectivity index (χ0) is 19.6. The summed E-state index contributed by atoms with van der Waals surface area (Å²) in [5.74, 6) is -0.574. The molecule has 1 fully saturated rings. The van der Waals surface area contributed by atoms with Gasteiger partial charge in [-0.05, 0) is 36.8 Å². The van der Waals surface area contributed by atoms with Gasteiger partial charge in [-0.15, -0.1) is 0 Å². The van der Waals surface area contributed by atoms with E-state index in [1.807, 2.05) is 0 Å². The quantitative estimate of drug-likeness (QED) is 0.579. The van der Waals surface area contributed by atoms with E-state index in [1.54, 1.807) is 30.3 Å². The van der Waals surface area contributed by atoms with Crippen LogP contribution < -0.4 is 10.0 Å². The van der Waals surface area contributed by atoms with Gasteiger partial charge in [-0.3, -0.25) is 19.2 Å². The van der Waals surface area contributed by atoms with E-state index in [4.69, 9.17) is 0 Å². The highest BCUT2D eigenvalue weighted by molar-refractivity contribution is 7.92. The van der Waals surface area contributed by atoms with Gasteiger partial charge in [0.1, 0.15) is 0 Å². The van der Waals surface area contributed by atoms with Crippen LogP contribution in [0.15, 0.2) is 53.4 Å². The molecular weight excluding hydrogens is 370 g/mol. The molecule has 27 heavy (non-hydrogen) atoms. The standard InChI is InChI=1S/C18H17N3O5S/c1-12(22)14-5-3-7-16(9-14)27(25,26)20-15-6-2-4-13(8-15)11-21-17(23)10-19-18(21)24/h2-9,20H,10-11H2,1H3,(H,19,24). The number of anilines is 1. The lowest BCUT2D eigenvalue weighted by Gasteiger charge is -2.14. The van der Waals surface area contributed by atoms with Gasteiger partial charge in [0.15, 0.2) is 5.78 Å². The average molecular weight is 387 g/mol. The van der Waals surface area contributed by atoms with Crippen LogP contribution >= 0.6 is 0 Å². The van der Waals surface area contributed by atoms with Gasteiger partial charge in [0.2, 0.25) is 5.91 Å². The van der Waals surface area contributed by atoms with Crippen LogP contribution in [-0.2, 0) is 21.4 Å². The van der Waals surface area contributed by atoms with Gasteiger partial charge in [0.25, 0.3) is 10.0 Å².